The van der Waals surface area contributed by atoms with E-state index in [9.17, 15) is 14.7 Å². The maximum absolute atomic E-state index is 11.6. The molecule has 0 aliphatic heterocycles. The average Bonchev–Trinajstić information content (AvgIpc) is 2.43. The van der Waals surface area contributed by atoms with Gasteiger partial charge in [-0.3, -0.25) is 9.59 Å². The summed E-state index contributed by atoms with van der Waals surface area (Å²) in [6, 6.07) is 6.32. The largest absolute Gasteiger partial charge is 0.394 e. The highest BCUT2D eigenvalue weighted by Crippen LogP contribution is 2.15. The first kappa shape index (κ1) is 15.5. The SMILES string of the molecule is CCC(=O)NCC(=O)NC(CO)c1ccc(Cl)cc1. The molecule has 6 heteroatoms. The van der Waals surface area contributed by atoms with Crippen molar-refractivity contribution in [2.24, 2.45) is 0 Å². The van der Waals surface area contributed by atoms with E-state index in [1.807, 2.05) is 0 Å². The fraction of sp³-hybridized carbons (Fsp3) is 0.385. The number of hydrogen-bond donors (Lipinski definition) is 3. The van der Waals surface area contributed by atoms with Crippen molar-refractivity contribution in [1.29, 1.82) is 0 Å². The summed E-state index contributed by atoms with van der Waals surface area (Å²) in [5.41, 5.74) is 0.752. The van der Waals surface area contributed by atoms with E-state index in [1.165, 1.54) is 0 Å². The van der Waals surface area contributed by atoms with Gasteiger partial charge in [0.15, 0.2) is 0 Å². The number of halogens is 1. The number of carbonyl (C=O) groups excluding carboxylic acids is 2. The maximum Gasteiger partial charge on any atom is 0.239 e. The van der Waals surface area contributed by atoms with Crippen LogP contribution in [0.2, 0.25) is 5.02 Å². The van der Waals surface area contributed by atoms with E-state index in [0.29, 0.717) is 11.4 Å². The minimum absolute atomic E-state index is 0.100. The van der Waals surface area contributed by atoms with Crippen molar-refractivity contribution in [2.75, 3.05) is 13.2 Å². The van der Waals surface area contributed by atoms with Crippen LogP contribution < -0.4 is 10.6 Å². The molecule has 0 saturated heterocycles. The van der Waals surface area contributed by atoms with Gasteiger partial charge in [-0.15, -0.1) is 0 Å². The zero-order chi connectivity index (χ0) is 14.3. The number of carbonyl (C=O) groups is 2. The molecule has 0 bridgehead atoms. The first-order chi connectivity index (χ1) is 9.06. The average molecular weight is 285 g/mol. The first-order valence-corrected chi connectivity index (χ1v) is 6.37. The number of aliphatic hydroxyl groups is 1. The molecule has 0 radical (unpaired) electrons. The van der Waals surface area contributed by atoms with Gasteiger partial charge < -0.3 is 15.7 Å². The van der Waals surface area contributed by atoms with Crippen LogP contribution >= 0.6 is 11.6 Å². The van der Waals surface area contributed by atoms with Gasteiger partial charge in [0.1, 0.15) is 0 Å². The minimum atomic E-state index is -0.511. The Morgan fingerprint density at radius 1 is 1.26 bits per heavy atom. The molecule has 1 aromatic carbocycles. The highest BCUT2D eigenvalue weighted by molar-refractivity contribution is 6.30. The fourth-order valence-electron chi connectivity index (χ4n) is 1.48. The lowest BCUT2D eigenvalue weighted by Crippen LogP contribution is -2.39. The summed E-state index contributed by atoms with van der Waals surface area (Å²) in [6.07, 6.45) is 0.327. The predicted octanol–water partition coefficient (Wildman–Crippen LogP) is 1.02. The Kier molecular flexibility index (Phi) is 6.32. The summed E-state index contributed by atoms with van der Waals surface area (Å²) in [7, 11) is 0. The van der Waals surface area contributed by atoms with E-state index in [-0.39, 0.29) is 25.0 Å². The van der Waals surface area contributed by atoms with Gasteiger partial charge >= 0.3 is 0 Å². The topological polar surface area (TPSA) is 78.4 Å². The zero-order valence-corrected chi connectivity index (χ0v) is 11.4. The van der Waals surface area contributed by atoms with Crippen LogP contribution in [0.5, 0.6) is 0 Å². The predicted molar refractivity (Wildman–Crippen MR) is 72.7 cm³/mol. The molecule has 2 amide bonds. The number of amides is 2. The van der Waals surface area contributed by atoms with E-state index in [0.717, 1.165) is 5.56 Å². The van der Waals surface area contributed by atoms with Crippen molar-refractivity contribution >= 4 is 23.4 Å². The van der Waals surface area contributed by atoms with Gasteiger partial charge in [-0.1, -0.05) is 30.7 Å². The van der Waals surface area contributed by atoms with Gasteiger partial charge in [0.25, 0.3) is 0 Å². The van der Waals surface area contributed by atoms with E-state index in [2.05, 4.69) is 10.6 Å². The van der Waals surface area contributed by atoms with Crippen molar-refractivity contribution < 1.29 is 14.7 Å². The Hall–Kier alpha value is -1.59. The number of aliphatic hydroxyl groups excluding tert-OH is 1. The van der Waals surface area contributed by atoms with Gasteiger partial charge in [0.05, 0.1) is 19.2 Å². The molecular weight excluding hydrogens is 268 g/mol. The Bertz CT molecular complexity index is 434. The molecule has 104 valence electrons. The third-order valence-electron chi connectivity index (χ3n) is 2.56. The molecule has 1 aromatic rings. The van der Waals surface area contributed by atoms with Gasteiger partial charge in [0.2, 0.25) is 11.8 Å². The van der Waals surface area contributed by atoms with Crippen molar-refractivity contribution in [3.05, 3.63) is 34.9 Å². The lowest BCUT2D eigenvalue weighted by Gasteiger charge is -2.17. The Morgan fingerprint density at radius 3 is 2.42 bits per heavy atom. The smallest absolute Gasteiger partial charge is 0.239 e. The molecule has 0 aliphatic rings. The van der Waals surface area contributed by atoms with E-state index in [4.69, 9.17) is 11.6 Å². The maximum atomic E-state index is 11.6. The van der Waals surface area contributed by atoms with Gasteiger partial charge in [0, 0.05) is 11.4 Å². The molecule has 0 fully saturated rings. The second-order valence-corrected chi connectivity index (χ2v) is 4.42. The monoisotopic (exact) mass is 284 g/mol. The van der Waals surface area contributed by atoms with Gasteiger partial charge in [-0.05, 0) is 17.7 Å². The van der Waals surface area contributed by atoms with Gasteiger partial charge in [-0.25, -0.2) is 0 Å². The van der Waals surface area contributed by atoms with Crippen LogP contribution in [-0.4, -0.2) is 30.1 Å². The van der Waals surface area contributed by atoms with Crippen molar-refractivity contribution in [3.63, 3.8) is 0 Å². The molecule has 1 unspecified atom stereocenters. The van der Waals surface area contributed by atoms with Crippen molar-refractivity contribution in [3.8, 4) is 0 Å². The third kappa shape index (κ3) is 5.28. The normalized spacial score (nSPS) is 11.7. The second kappa shape index (κ2) is 7.76. The van der Waals surface area contributed by atoms with Crippen LogP contribution in [0.25, 0.3) is 0 Å². The van der Waals surface area contributed by atoms with E-state index >= 15 is 0 Å². The minimum Gasteiger partial charge on any atom is -0.394 e. The molecule has 0 aromatic heterocycles. The molecule has 1 rings (SSSR count). The third-order valence-corrected chi connectivity index (χ3v) is 2.81. The zero-order valence-electron chi connectivity index (χ0n) is 10.6. The summed E-state index contributed by atoms with van der Waals surface area (Å²) >= 11 is 5.77. The second-order valence-electron chi connectivity index (χ2n) is 3.98. The molecule has 0 heterocycles. The highest BCUT2D eigenvalue weighted by atomic mass is 35.5. The van der Waals surface area contributed by atoms with Crippen molar-refractivity contribution in [1.82, 2.24) is 10.6 Å². The van der Waals surface area contributed by atoms with Crippen molar-refractivity contribution in [2.45, 2.75) is 19.4 Å². The highest BCUT2D eigenvalue weighted by Gasteiger charge is 2.13. The number of rotatable bonds is 6. The van der Waals surface area contributed by atoms with Crippen LogP contribution in [0, 0.1) is 0 Å². The van der Waals surface area contributed by atoms with E-state index < -0.39 is 6.04 Å². The summed E-state index contributed by atoms with van der Waals surface area (Å²) in [6.45, 7) is 1.38. The van der Waals surface area contributed by atoms with E-state index in [1.54, 1.807) is 31.2 Å². The standard InChI is InChI=1S/C13H17ClN2O3/c1-2-12(18)15-7-13(19)16-11(8-17)9-3-5-10(14)6-4-9/h3-6,11,17H,2,7-8H2,1H3,(H,15,18)(H,16,19). The number of benzene rings is 1. The summed E-state index contributed by atoms with van der Waals surface area (Å²) in [4.78, 5) is 22.6. The number of hydrogen-bond acceptors (Lipinski definition) is 3. The molecule has 0 saturated carbocycles. The molecule has 0 aliphatic carbocycles. The number of nitrogens with one attached hydrogen (secondary N) is 2. The van der Waals surface area contributed by atoms with Crippen LogP contribution in [0.4, 0.5) is 0 Å². The fourth-order valence-corrected chi connectivity index (χ4v) is 1.60. The van der Waals surface area contributed by atoms with Crippen LogP contribution in [0.3, 0.4) is 0 Å². The molecule has 1 atom stereocenters. The molecule has 3 N–H and O–H groups in total. The summed E-state index contributed by atoms with van der Waals surface area (Å²) in [5, 5.41) is 15.0. The summed E-state index contributed by atoms with van der Waals surface area (Å²) in [5.74, 6) is -0.544. The van der Waals surface area contributed by atoms with Crippen LogP contribution in [-0.2, 0) is 9.59 Å². The first-order valence-electron chi connectivity index (χ1n) is 5.99. The molecule has 0 spiro atoms. The summed E-state index contributed by atoms with van der Waals surface area (Å²) < 4.78 is 0. The Balaban J connectivity index is 2.54. The molecular formula is C13H17ClN2O3. The Labute approximate surface area is 117 Å². The molecule has 19 heavy (non-hydrogen) atoms. The van der Waals surface area contributed by atoms with Gasteiger partial charge in [-0.2, -0.15) is 0 Å². The molecule has 5 nitrogen and oxygen atoms in total. The lowest BCUT2D eigenvalue weighted by molar-refractivity contribution is -0.126. The van der Waals surface area contributed by atoms with Crippen LogP contribution in [0.1, 0.15) is 24.9 Å². The van der Waals surface area contributed by atoms with Crippen LogP contribution in [0.15, 0.2) is 24.3 Å². The quantitative estimate of drug-likeness (QED) is 0.730. The Morgan fingerprint density at radius 2 is 1.89 bits per heavy atom. The lowest BCUT2D eigenvalue weighted by atomic mass is 10.1.